The second-order valence-electron chi connectivity index (χ2n) is 2.26. The van der Waals surface area contributed by atoms with Crippen LogP contribution in [0.5, 0.6) is 0 Å². The fraction of sp³-hybridized carbons (Fsp3) is 0.625. The predicted octanol–water partition coefficient (Wildman–Crippen LogP) is 1.06. The number of hydrogen-bond donors (Lipinski definition) is 1. The number of hydrogen-bond acceptors (Lipinski definition) is 2. The molecular weight excluding hydrogens is 224 g/mol. The first-order chi connectivity index (χ1) is 5.31. The van der Waals surface area contributed by atoms with Gasteiger partial charge in [0.05, 0.1) is 0 Å². The molecule has 0 saturated carbocycles. The second kappa shape index (κ2) is 11.8. The first-order valence-corrected chi connectivity index (χ1v) is 4.01. The van der Waals surface area contributed by atoms with Crippen LogP contribution in [0.1, 0.15) is 19.8 Å². The first kappa shape index (κ1) is 15.3. The molecule has 0 aliphatic heterocycles. The van der Waals surface area contributed by atoms with Crippen molar-refractivity contribution in [2.75, 3.05) is 13.1 Å². The van der Waals surface area contributed by atoms with E-state index in [4.69, 9.17) is 7.98 Å². The third-order valence-corrected chi connectivity index (χ3v) is 1.29. The minimum Gasteiger partial charge on any atom is -0.343 e. The molecule has 1 N–H and O–H groups in total. The molecule has 65 valence electrons. The normalized spacial score (nSPS) is 10.6. The Morgan fingerprint density at radius 1 is 1.50 bits per heavy atom. The van der Waals surface area contributed by atoms with Crippen LogP contribution < -0.4 is 5.43 Å². The van der Waals surface area contributed by atoms with Gasteiger partial charge in [-0.05, 0) is 6.54 Å². The Kier molecular flexibility index (Phi) is 15.1. The Bertz CT molecular complexity index is 109. The van der Waals surface area contributed by atoms with E-state index in [-0.39, 0.29) is 32.7 Å². The van der Waals surface area contributed by atoms with Crippen molar-refractivity contribution in [2.45, 2.75) is 19.8 Å². The standard InChI is InChI=1S/C8H16BN2.Y/c1-3-5-6-7-8-10-11(9)4-2;/h6-7,10H,1,3-5,8H2,2H3;/q-1;/b7-6-;. The van der Waals surface area contributed by atoms with Crippen molar-refractivity contribution in [3.05, 3.63) is 19.1 Å². The Morgan fingerprint density at radius 2 is 2.17 bits per heavy atom. The molecule has 0 aromatic heterocycles. The second-order valence-corrected chi connectivity index (χ2v) is 2.26. The molecule has 0 amide bonds. The molecule has 0 atom stereocenters. The summed E-state index contributed by atoms with van der Waals surface area (Å²) in [5.41, 5.74) is 3.00. The van der Waals surface area contributed by atoms with Crippen LogP contribution in [0.2, 0.25) is 0 Å². The van der Waals surface area contributed by atoms with Gasteiger partial charge in [0.25, 0.3) is 0 Å². The van der Waals surface area contributed by atoms with E-state index in [1.807, 2.05) is 6.92 Å². The SMILES string of the molecule is [B]N(CC)NC/C=C\CC[CH2-].[Y]. The molecule has 3 radical (unpaired) electrons. The average molecular weight is 240 g/mol. The van der Waals surface area contributed by atoms with Gasteiger partial charge in [-0.3, -0.25) is 10.3 Å². The van der Waals surface area contributed by atoms with Crippen molar-refractivity contribution in [2.24, 2.45) is 0 Å². The summed E-state index contributed by atoms with van der Waals surface area (Å²) in [7, 11) is 5.46. The van der Waals surface area contributed by atoms with Crippen molar-refractivity contribution in [1.29, 1.82) is 0 Å². The Morgan fingerprint density at radius 3 is 2.67 bits per heavy atom. The van der Waals surface area contributed by atoms with Gasteiger partial charge in [-0.2, -0.15) is 6.42 Å². The Hall–Kier alpha value is 0.829. The first-order valence-electron chi connectivity index (χ1n) is 4.01. The number of rotatable bonds is 6. The summed E-state index contributed by atoms with van der Waals surface area (Å²) in [6.45, 7) is 7.33. The van der Waals surface area contributed by atoms with Crippen LogP contribution in [-0.2, 0) is 32.7 Å². The minimum atomic E-state index is 0. The molecule has 0 heterocycles. The Balaban J connectivity index is 0. The molecule has 0 aliphatic rings. The molecule has 0 aliphatic carbocycles. The van der Waals surface area contributed by atoms with Gasteiger partial charge in [-0.15, -0.1) is 0 Å². The number of hydrazine groups is 1. The van der Waals surface area contributed by atoms with Crippen LogP contribution >= 0.6 is 0 Å². The molecule has 12 heavy (non-hydrogen) atoms. The van der Waals surface area contributed by atoms with Crippen molar-refractivity contribution in [3.8, 4) is 0 Å². The van der Waals surface area contributed by atoms with Crippen LogP contribution in [0.3, 0.4) is 0 Å². The maximum atomic E-state index is 5.46. The molecule has 0 aromatic carbocycles. The molecular formula is C8H16BN2Y-. The predicted molar refractivity (Wildman–Crippen MR) is 49.9 cm³/mol. The minimum absolute atomic E-state index is 0. The van der Waals surface area contributed by atoms with Crippen molar-refractivity contribution in [3.63, 3.8) is 0 Å². The van der Waals surface area contributed by atoms with Crippen molar-refractivity contribution >= 4 is 7.98 Å². The smallest absolute Gasteiger partial charge is 0.206 e. The van der Waals surface area contributed by atoms with Gasteiger partial charge in [0, 0.05) is 39.3 Å². The summed E-state index contributed by atoms with van der Waals surface area (Å²) in [6, 6.07) is 0. The Labute approximate surface area is 102 Å². The molecule has 0 unspecified atom stereocenters. The summed E-state index contributed by atoms with van der Waals surface area (Å²) < 4.78 is 0. The third kappa shape index (κ3) is 10.8. The monoisotopic (exact) mass is 240 g/mol. The van der Waals surface area contributed by atoms with E-state index in [2.05, 4.69) is 24.5 Å². The van der Waals surface area contributed by atoms with Gasteiger partial charge in [0.15, 0.2) is 0 Å². The maximum absolute atomic E-state index is 5.46. The zero-order valence-corrected chi connectivity index (χ0v) is 10.6. The molecule has 0 bridgehead atoms. The largest absolute Gasteiger partial charge is 0.343 e. The number of unbranched alkanes of at least 4 members (excludes halogenated alkanes) is 1. The third-order valence-electron chi connectivity index (χ3n) is 1.29. The summed E-state index contributed by atoms with van der Waals surface area (Å²) in [5.74, 6) is 0. The average Bonchev–Trinajstić information content (AvgIpc) is 2.04. The summed E-state index contributed by atoms with van der Waals surface area (Å²) in [6.07, 6.45) is 6.15. The van der Waals surface area contributed by atoms with Crippen LogP contribution in [0.4, 0.5) is 0 Å². The van der Waals surface area contributed by atoms with Gasteiger partial charge in [0.1, 0.15) is 0 Å². The molecule has 0 saturated heterocycles. The van der Waals surface area contributed by atoms with E-state index in [9.17, 15) is 0 Å². The van der Waals surface area contributed by atoms with Crippen LogP contribution in [-0.4, -0.2) is 26.0 Å². The number of allylic oxidation sites excluding steroid dienone is 1. The van der Waals surface area contributed by atoms with Gasteiger partial charge < -0.3 is 6.92 Å². The van der Waals surface area contributed by atoms with E-state index in [1.165, 1.54) is 0 Å². The van der Waals surface area contributed by atoms with E-state index < -0.39 is 0 Å². The zero-order valence-electron chi connectivity index (χ0n) is 7.79. The van der Waals surface area contributed by atoms with Crippen LogP contribution in [0.25, 0.3) is 0 Å². The van der Waals surface area contributed by atoms with Gasteiger partial charge >= 0.3 is 0 Å². The number of nitrogens with zero attached hydrogens (tertiary/aromatic N) is 1. The maximum Gasteiger partial charge on any atom is 0.206 e. The van der Waals surface area contributed by atoms with E-state index in [1.54, 1.807) is 4.92 Å². The summed E-state index contributed by atoms with van der Waals surface area (Å²) in [5, 5.41) is 0. The topological polar surface area (TPSA) is 15.3 Å². The van der Waals surface area contributed by atoms with Gasteiger partial charge in [0.2, 0.25) is 7.98 Å². The van der Waals surface area contributed by atoms with E-state index in [0.29, 0.717) is 0 Å². The zero-order chi connectivity index (χ0) is 8.53. The van der Waals surface area contributed by atoms with Crippen LogP contribution in [0, 0.1) is 6.92 Å². The van der Waals surface area contributed by atoms with Crippen molar-refractivity contribution < 1.29 is 32.7 Å². The fourth-order valence-corrected chi connectivity index (χ4v) is 0.601. The summed E-state index contributed by atoms with van der Waals surface area (Å²) >= 11 is 0. The number of nitrogens with one attached hydrogen (secondary N) is 1. The quantitative estimate of drug-likeness (QED) is 0.323. The molecule has 2 nitrogen and oxygen atoms in total. The van der Waals surface area contributed by atoms with E-state index in [0.717, 1.165) is 25.9 Å². The molecule has 0 fully saturated rings. The molecule has 4 heteroatoms. The van der Waals surface area contributed by atoms with Gasteiger partial charge in [-0.1, -0.05) is 25.5 Å². The van der Waals surface area contributed by atoms with Crippen LogP contribution in [0.15, 0.2) is 12.2 Å². The van der Waals surface area contributed by atoms with Gasteiger partial charge in [-0.25, -0.2) is 0 Å². The molecule has 0 rings (SSSR count). The molecule has 0 spiro atoms. The van der Waals surface area contributed by atoms with E-state index >= 15 is 0 Å². The fourth-order valence-electron chi connectivity index (χ4n) is 0.601. The summed E-state index contributed by atoms with van der Waals surface area (Å²) in [4.78, 5) is 1.56. The van der Waals surface area contributed by atoms with Crippen molar-refractivity contribution in [1.82, 2.24) is 10.3 Å². The molecule has 0 aromatic rings.